The van der Waals surface area contributed by atoms with Crippen LogP contribution >= 0.6 is 0 Å². The molecule has 1 heterocycles. The Morgan fingerprint density at radius 3 is 2.59 bits per heavy atom. The van der Waals surface area contributed by atoms with Crippen LogP contribution in [0.15, 0.2) is 0 Å². The van der Waals surface area contributed by atoms with Crippen molar-refractivity contribution in [3.8, 4) is 6.07 Å². The zero-order chi connectivity index (χ0) is 12.3. The highest BCUT2D eigenvalue weighted by molar-refractivity contribution is 5.72. The van der Waals surface area contributed by atoms with E-state index in [1.165, 1.54) is 20.0 Å². The fourth-order valence-electron chi connectivity index (χ4n) is 2.70. The van der Waals surface area contributed by atoms with Crippen LogP contribution in [0, 0.1) is 22.7 Å². The summed E-state index contributed by atoms with van der Waals surface area (Å²) in [4.78, 5) is 13.8. The molecule has 4 nitrogen and oxygen atoms in total. The summed E-state index contributed by atoms with van der Waals surface area (Å²) in [5, 5.41) is 8.79. The molecule has 1 saturated carbocycles. The SMILES string of the molecule is COC(=O)C1CCN(CC2(CC#N)CC2)CC1. The number of carbonyl (C=O) groups excluding carboxylic acids is 1. The van der Waals surface area contributed by atoms with Gasteiger partial charge in [0, 0.05) is 13.0 Å². The molecule has 0 aromatic heterocycles. The third-order valence-electron chi connectivity index (χ3n) is 4.09. The first-order valence-electron chi connectivity index (χ1n) is 6.36. The second kappa shape index (κ2) is 5.05. The van der Waals surface area contributed by atoms with Gasteiger partial charge in [-0.3, -0.25) is 4.79 Å². The van der Waals surface area contributed by atoms with E-state index in [4.69, 9.17) is 10.00 Å². The number of likely N-dealkylation sites (tertiary alicyclic amines) is 1. The van der Waals surface area contributed by atoms with Crippen LogP contribution in [0.25, 0.3) is 0 Å². The largest absolute Gasteiger partial charge is 0.469 e. The first-order valence-corrected chi connectivity index (χ1v) is 6.36. The van der Waals surface area contributed by atoms with Crippen molar-refractivity contribution in [1.29, 1.82) is 5.26 Å². The zero-order valence-corrected chi connectivity index (χ0v) is 10.4. The molecule has 0 bridgehead atoms. The Hall–Kier alpha value is -1.08. The monoisotopic (exact) mass is 236 g/mol. The standard InChI is InChI=1S/C13H20N2O2/c1-17-12(16)11-2-8-15(9-3-11)10-13(4-5-13)6-7-14/h11H,2-6,8-10H2,1H3. The maximum atomic E-state index is 11.4. The van der Waals surface area contributed by atoms with Gasteiger partial charge in [-0.1, -0.05) is 0 Å². The molecule has 0 spiro atoms. The van der Waals surface area contributed by atoms with Gasteiger partial charge >= 0.3 is 5.97 Å². The van der Waals surface area contributed by atoms with Gasteiger partial charge in [-0.05, 0) is 44.2 Å². The lowest BCUT2D eigenvalue weighted by atomic mass is 9.95. The second-order valence-corrected chi connectivity index (χ2v) is 5.41. The first-order chi connectivity index (χ1) is 8.19. The molecule has 0 aromatic rings. The number of hydrogen-bond donors (Lipinski definition) is 0. The van der Waals surface area contributed by atoms with Crippen LogP contribution in [0.1, 0.15) is 32.1 Å². The Kier molecular flexibility index (Phi) is 3.68. The van der Waals surface area contributed by atoms with Crippen LogP contribution in [0.2, 0.25) is 0 Å². The molecule has 1 saturated heterocycles. The number of nitriles is 1. The van der Waals surface area contributed by atoms with Gasteiger partial charge in [0.15, 0.2) is 0 Å². The minimum atomic E-state index is -0.0668. The summed E-state index contributed by atoms with van der Waals surface area (Å²) in [5.74, 6) is 0.0187. The normalized spacial score (nSPS) is 24.0. The molecule has 0 aromatic carbocycles. The molecule has 0 atom stereocenters. The summed E-state index contributed by atoms with van der Waals surface area (Å²) in [6.45, 7) is 2.97. The maximum absolute atomic E-state index is 11.4. The smallest absolute Gasteiger partial charge is 0.308 e. The van der Waals surface area contributed by atoms with Crippen LogP contribution in [-0.2, 0) is 9.53 Å². The van der Waals surface area contributed by atoms with Gasteiger partial charge in [-0.25, -0.2) is 0 Å². The highest BCUT2D eigenvalue weighted by Gasteiger charge is 2.44. The van der Waals surface area contributed by atoms with Crippen molar-refractivity contribution in [3.05, 3.63) is 0 Å². The number of methoxy groups -OCH3 is 1. The molecule has 0 unspecified atom stereocenters. The highest BCUT2D eigenvalue weighted by Crippen LogP contribution is 2.49. The van der Waals surface area contributed by atoms with E-state index < -0.39 is 0 Å². The van der Waals surface area contributed by atoms with Crippen molar-refractivity contribution >= 4 is 5.97 Å². The van der Waals surface area contributed by atoms with Gasteiger partial charge in [0.25, 0.3) is 0 Å². The predicted molar refractivity (Wildman–Crippen MR) is 63.1 cm³/mol. The zero-order valence-electron chi connectivity index (χ0n) is 10.4. The van der Waals surface area contributed by atoms with Crippen molar-refractivity contribution in [3.63, 3.8) is 0 Å². The van der Waals surface area contributed by atoms with Gasteiger partial charge in [0.05, 0.1) is 19.1 Å². The lowest BCUT2D eigenvalue weighted by molar-refractivity contribution is -0.147. The van der Waals surface area contributed by atoms with Crippen LogP contribution in [0.5, 0.6) is 0 Å². The van der Waals surface area contributed by atoms with E-state index in [1.54, 1.807) is 0 Å². The maximum Gasteiger partial charge on any atom is 0.308 e. The topological polar surface area (TPSA) is 53.3 Å². The van der Waals surface area contributed by atoms with Gasteiger partial charge in [-0.2, -0.15) is 5.26 Å². The minimum absolute atomic E-state index is 0.0668. The summed E-state index contributed by atoms with van der Waals surface area (Å²) in [6.07, 6.45) is 4.86. The van der Waals surface area contributed by atoms with Crippen molar-refractivity contribution < 1.29 is 9.53 Å². The van der Waals surface area contributed by atoms with Gasteiger partial charge in [0.1, 0.15) is 0 Å². The Labute approximate surface area is 103 Å². The molecule has 4 heteroatoms. The minimum Gasteiger partial charge on any atom is -0.469 e. The van der Waals surface area contributed by atoms with E-state index in [1.807, 2.05) is 0 Å². The molecular formula is C13H20N2O2. The van der Waals surface area contributed by atoms with Crippen LogP contribution in [0.4, 0.5) is 0 Å². The van der Waals surface area contributed by atoms with E-state index in [2.05, 4.69) is 11.0 Å². The molecule has 17 heavy (non-hydrogen) atoms. The average molecular weight is 236 g/mol. The van der Waals surface area contributed by atoms with E-state index in [9.17, 15) is 4.79 Å². The molecule has 94 valence electrons. The van der Waals surface area contributed by atoms with Crippen LogP contribution < -0.4 is 0 Å². The van der Waals surface area contributed by atoms with E-state index in [0.29, 0.717) is 6.42 Å². The lowest BCUT2D eigenvalue weighted by Gasteiger charge is -2.32. The first kappa shape index (κ1) is 12.4. The number of esters is 1. The Balaban J connectivity index is 1.76. The fourth-order valence-corrected chi connectivity index (χ4v) is 2.70. The molecule has 0 amide bonds. The number of hydrogen-bond acceptors (Lipinski definition) is 4. The molecular weight excluding hydrogens is 216 g/mol. The Bertz CT molecular complexity index is 323. The molecule has 1 aliphatic heterocycles. The Morgan fingerprint density at radius 1 is 1.47 bits per heavy atom. The van der Waals surface area contributed by atoms with E-state index in [-0.39, 0.29) is 17.3 Å². The summed E-state index contributed by atoms with van der Waals surface area (Å²) in [6, 6.07) is 2.30. The number of carbonyl (C=O) groups is 1. The van der Waals surface area contributed by atoms with Gasteiger partial charge in [-0.15, -0.1) is 0 Å². The van der Waals surface area contributed by atoms with E-state index in [0.717, 1.165) is 32.5 Å². The van der Waals surface area contributed by atoms with E-state index >= 15 is 0 Å². The highest BCUT2D eigenvalue weighted by atomic mass is 16.5. The second-order valence-electron chi connectivity index (χ2n) is 5.41. The third kappa shape index (κ3) is 2.98. The number of nitrogens with zero attached hydrogens (tertiary/aromatic N) is 2. The molecule has 2 fully saturated rings. The molecule has 0 N–H and O–H groups in total. The lowest BCUT2D eigenvalue weighted by Crippen LogP contribution is -2.39. The molecule has 2 aliphatic rings. The van der Waals surface area contributed by atoms with Gasteiger partial charge < -0.3 is 9.64 Å². The number of ether oxygens (including phenoxy) is 1. The average Bonchev–Trinajstić information content (AvgIpc) is 3.09. The Morgan fingerprint density at radius 2 is 2.12 bits per heavy atom. The van der Waals surface area contributed by atoms with Crippen LogP contribution in [0.3, 0.4) is 0 Å². The third-order valence-corrected chi connectivity index (χ3v) is 4.09. The summed E-state index contributed by atoms with van der Waals surface area (Å²) >= 11 is 0. The van der Waals surface area contributed by atoms with Crippen molar-refractivity contribution in [2.45, 2.75) is 32.1 Å². The summed E-state index contributed by atoms with van der Waals surface area (Å²) in [7, 11) is 1.46. The van der Waals surface area contributed by atoms with Crippen molar-refractivity contribution in [1.82, 2.24) is 4.90 Å². The quantitative estimate of drug-likeness (QED) is 0.695. The van der Waals surface area contributed by atoms with Gasteiger partial charge in [0.2, 0.25) is 0 Å². The number of rotatable bonds is 4. The summed E-state index contributed by atoms with van der Waals surface area (Å²) in [5.41, 5.74) is 0.285. The summed E-state index contributed by atoms with van der Waals surface area (Å²) < 4.78 is 4.78. The fraction of sp³-hybridized carbons (Fsp3) is 0.846. The molecule has 0 radical (unpaired) electrons. The molecule has 1 aliphatic carbocycles. The van der Waals surface area contributed by atoms with Crippen molar-refractivity contribution in [2.75, 3.05) is 26.7 Å². The molecule has 2 rings (SSSR count). The predicted octanol–water partition coefficient (Wildman–Crippen LogP) is 1.57. The van der Waals surface area contributed by atoms with Crippen LogP contribution in [-0.4, -0.2) is 37.6 Å². The van der Waals surface area contributed by atoms with Crippen molar-refractivity contribution in [2.24, 2.45) is 11.3 Å². The number of piperidine rings is 1.